The zero-order valence-corrected chi connectivity index (χ0v) is 18.5. The van der Waals surface area contributed by atoms with Crippen molar-refractivity contribution >= 4 is 34.7 Å². The van der Waals surface area contributed by atoms with E-state index in [1.807, 2.05) is 30.5 Å². The largest absolute Gasteiger partial charge is 0.469 e. The molecule has 0 radical (unpaired) electrons. The summed E-state index contributed by atoms with van der Waals surface area (Å²) in [5.41, 5.74) is 2.04. The lowest BCUT2D eigenvalue weighted by Gasteiger charge is -2.25. The standard InChI is InChI=1S/C24H24FN3O3S/c1-31-23(29)17-7-5-16(6-8-17)22-26-14-21(32-22)15-9-11-19(12-10-15)27-24(30)28-20-4-2-3-18(25)13-20/h2-4,9-14,16-17H,5-8H2,1H3,(H2,27,28,30). The van der Waals surface area contributed by atoms with E-state index in [0.29, 0.717) is 17.3 Å². The summed E-state index contributed by atoms with van der Waals surface area (Å²) < 4.78 is 18.1. The average molecular weight is 454 g/mol. The van der Waals surface area contributed by atoms with Gasteiger partial charge < -0.3 is 15.4 Å². The van der Waals surface area contributed by atoms with Gasteiger partial charge in [0.25, 0.3) is 0 Å². The molecule has 4 rings (SSSR count). The zero-order valence-electron chi connectivity index (χ0n) is 17.6. The average Bonchev–Trinajstić information content (AvgIpc) is 3.29. The predicted octanol–water partition coefficient (Wildman–Crippen LogP) is 6.04. The number of halogens is 1. The van der Waals surface area contributed by atoms with Crippen LogP contribution in [-0.2, 0) is 9.53 Å². The fraction of sp³-hybridized carbons (Fsp3) is 0.292. The zero-order chi connectivity index (χ0) is 22.5. The number of amides is 2. The SMILES string of the molecule is COC(=O)C1CCC(c2ncc(-c3ccc(NC(=O)Nc4cccc(F)c4)cc3)s2)CC1. The highest BCUT2D eigenvalue weighted by atomic mass is 32.1. The Labute approximate surface area is 189 Å². The molecular weight excluding hydrogens is 429 g/mol. The second kappa shape index (κ2) is 9.91. The maximum absolute atomic E-state index is 13.2. The Balaban J connectivity index is 1.34. The van der Waals surface area contributed by atoms with E-state index in [1.165, 1.54) is 25.3 Å². The Hall–Kier alpha value is -3.26. The third kappa shape index (κ3) is 5.31. The van der Waals surface area contributed by atoms with Crippen LogP contribution in [0.1, 0.15) is 36.6 Å². The first-order chi connectivity index (χ1) is 15.5. The van der Waals surface area contributed by atoms with Gasteiger partial charge in [0.15, 0.2) is 0 Å². The molecule has 0 bridgehead atoms. The molecule has 32 heavy (non-hydrogen) atoms. The first-order valence-electron chi connectivity index (χ1n) is 10.5. The first-order valence-corrected chi connectivity index (χ1v) is 11.3. The topological polar surface area (TPSA) is 80.3 Å². The number of esters is 1. The number of benzene rings is 2. The van der Waals surface area contributed by atoms with Crippen molar-refractivity contribution in [3.05, 3.63) is 65.6 Å². The summed E-state index contributed by atoms with van der Waals surface area (Å²) in [7, 11) is 1.44. The minimum absolute atomic E-state index is 0.00819. The molecule has 6 nitrogen and oxygen atoms in total. The molecule has 1 fully saturated rings. The number of aromatic nitrogens is 1. The summed E-state index contributed by atoms with van der Waals surface area (Å²) in [4.78, 5) is 29.5. The van der Waals surface area contributed by atoms with E-state index < -0.39 is 11.8 Å². The quantitative estimate of drug-likeness (QED) is 0.462. The van der Waals surface area contributed by atoms with Gasteiger partial charge in [-0.1, -0.05) is 18.2 Å². The number of thiazole rings is 1. The summed E-state index contributed by atoms with van der Waals surface area (Å²) in [5.74, 6) is -0.134. The van der Waals surface area contributed by atoms with Gasteiger partial charge in [0.05, 0.1) is 22.9 Å². The van der Waals surface area contributed by atoms with Crippen LogP contribution in [0.4, 0.5) is 20.6 Å². The lowest BCUT2D eigenvalue weighted by atomic mass is 9.82. The van der Waals surface area contributed by atoms with E-state index in [1.54, 1.807) is 17.4 Å². The molecular formula is C24H24FN3O3S. The van der Waals surface area contributed by atoms with E-state index in [9.17, 15) is 14.0 Å². The highest BCUT2D eigenvalue weighted by molar-refractivity contribution is 7.15. The van der Waals surface area contributed by atoms with Crippen LogP contribution in [0.5, 0.6) is 0 Å². The molecule has 166 valence electrons. The number of carbonyl (C=O) groups is 2. The van der Waals surface area contributed by atoms with Crippen molar-refractivity contribution in [3.8, 4) is 10.4 Å². The van der Waals surface area contributed by atoms with Gasteiger partial charge in [-0.05, 0) is 61.6 Å². The normalized spacial score (nSPS) is 18.1. The molecule has 3 aromatic rings. The Morgan fingerprint density at radius 1 is 1.03 bits per heavy atom. The highest BCUT2D eigenvalue weighted by Crippen LogP contribution is 2.39. The molecule has 1 aromatic heterocycles. The number of hydrogen-bond acceptors (Lipinski definition) is 5. The number of hydrogen-bond donors (Lipinski definition) is 2. The molecule has 1 aliphatic carbocycles. The third-order valence-electron chi connectivity index (χ3n) is 5.64. The van der Waals surface area contributed by atoms with Gasteiger partial charge in [-0.2, -0.15) is 0 Å². The Kier molecular flexibility index (Phi) is 6.80. The second-order valence-corrected chi connectivity index (χ2v) is 8.86. The number of rotatable bonds is 5. The molecule has 2 aromatic carbocycles. The smallest absolute Gasteiger partial charge is 0.323 e. The van der Waals surface area contributed by atoms with Crippen LogP contribution >= 0.6 is 11.3 Å². The molecule has 0 atom stereocenters. The molecule has 0 unspecified atom stereocenters. The summed E-state index contributed by atoms with van der Waals surface area (Å²) in [5, 5.41) is 6.44. The summed E-state index contributed by atoms with van der Waals surface area (Å²) in [6.07, 6.45) is 5.44. The Morgan fingerprint density at radius 2 is 1.75 bits per heavy atom. The number of anilines is 2. The number of methoxy groups -OCH3 is 1. The minimum Gasteiger partial charge on any atom is -0.469 e. The van der Waals surface area contributed by atoms with E-state index in [0.717, 1.165) is 41.1 Å². The molecule has 1 aliphatic rings. The summed E-state index contributed by atoms with van der Waals surface area (Å²) >= 11 is 1.67. The van der Waals surface area contributed by atoms with Crippen molar-refractivity contribution < 1.29 is 18.7 Å². The van der Waals surface area contributed by atoms with Gasteiger partial charge in [-0.3, -0.25) is 4.79 Å². The van der Waals surface area contributed by atoms with Crippen molar-refractivity contribution in [2.45, 2.75) is 31.6 Å². The van der Waals surface area contributed by atoms with Crippen molar-refractivity contribution in [3.63, 3.8) is 0 Å². The van der Waals surface area contributed by atoms with E-state index in [4.69, 9.17) is 4.74 Å². The molecule has 2 amide bonds. The van der Waals surface area contributed by atoms with Crippen LogP contribution in [-0.4, -0.2) is 24.1 Å². The van der Waals surface area contributed by atoms with Crippen molar-refractivity contribution in [1.29, 1.82) is 0 Å². The maximum atomic E-state index is 13.2. The molecule has 8 heteroatoms. The summed E-state index contributed by atoms with van der Waals surface area (Å²) in [6, 6.07) is 12.8. The number of nitrogens with one attached hydrogen (secondary N) is 2. The van der Waals surface area contributed by atoms with Gasteiger partial charge in [-0.25, -0.2) is 14.2 Å². The van der Waals surface area contributed by atoms with E-state index >= 15 is 0 Å². The molecule has 1 heterocycles. The van der Waals surface area contributed by atoms with Crippen LogP contribution in [0, 0.1) is 11.7 Å². The lowest BCUT2D eigenvalue weighted by Crippen LogP contribution is -2.22. The van der Waals surface area contributed by atoms with Crippen molar-refractivity contribution in [2.24, 2.45) is 5.92 Å². The van der Waals surface area contributed by atoms with Gasteiger partial charge >= 0.3 is 12.0 Å². The third-order valence-corrected chi connectivity index (χ3v) is 6.85. The number of ether oxygens (including phenoxy) is 1. The second-order valence-electron chi connectivity index (χ2n) is 7.80. The van der Waals surface area contributed by atoms with Crippen LogP contribution in [0.25, 0.3) is 10.4 Å². The van der Waals surface area contributed by atoms with Gasteiger partial charge in [0.2, 0.25) is 0 Å². The number of urea groups is 1. The van der Waals surface area contributed by atoms with Gasteiger partial charge in [0.1, 0.15) is 5.82 Å². The maximum Gasteiger partial charge on any atom is 0.323 e. The lowest BCUT2D eigenvalue weighted by molar-refractivity contribution is -0.146. The van der Waals surface area contributed by atoms with Crippen LogP contribution in [0.3, 0.4) is 0 Å². The van der Waals surface area contributed by atoms with Crippen molar-refractivity contribution in [2.75, 3.05) is 17.7 Å². The van der Waals surface area contributed by atoms with Crippen molar-refractivity contribution in [1.82, 2.24) is 4.98 Å². The molecule has 0 saturated heterocycles. The van der Waals surface area contributed by atoms with Gasteiger partial charge in [0, 0.05) is 23.5 Å². The minimum atomic E-state index is -0.439. The Morgan fingerprint density at radius 3 is 2.44 bits per heavy atom. The molecule has 2 N–H and O–H groups in total. The fourth-order valence-electron chi connectivity index (χ4n) is 3.93. The van der Waals surface area contributed by atoms with Crippen LogP contribution in [0.15, 0.2) is 54.7 Å². The summed E-state index contributed by atoms with van der Waals surface area (Å²) in [6.45, 7) is 0. The molecule has 0 spiro atoms. The predicted molar refractivity (Wildman–Crippen MR) is 123 cm³/mol. The number of nitrogens with zero attached hydrogens (tertiary/aromatic N) is 1. The number of carbonyl (C=O) groups excluding carboxylic acids is 2. The van der Waals surface area contributed by atoms with Crippen LogP contribution < -0.4 is 10.6 Å². The highest BCUT2D eigenvalue weighted by Gasteiger charge is 2.29. The molecule has 0 aliphatic heterocycles. The van der Waals surface area contributed by atoms with E-state index in [-0.39, 0.29) is 11.9 Å². The fourth-order valence-corrected chi connectivity index (χ4v) is 5.02. The van der Waals surface area contributed by atoms with E-state index in [2.05, 4.69) is 15.6 Å². The van der Waals surface area contributed by atoms with Crippen LogP contribution in [0.2, 0.25) is 0 Å². The Bertz CT molecular complexity index is 1090. The van der Waals surface area contributed by atoms with Gasteiger partial charge in [-0.15, -0.1) is 11.3 Å². The monoisotopic (exact) mass is 453 g/mol. The first kappa shape index (κ1) is 22.0. The molecule has 1 saturated carbocycles.